The van der Waals surface area contributed by atoms with E-state index < -0.39 is 11.7 Å². The van der Waals surface area contributed by atoms with Crippen molar-refractivity contribution in [2.24, 2.45) is 5.92 Å². The summed E-state index contributed by atoms with van der Waals surface area (Å²) in [4.78, 5) is 4.01. The molecular formula is C12H12F3N3. The highest BCUT2D eigenvalue weighted by molar-refractivity contribution is 5.79. The highest BCUT2D eigenvalue weighted by Gasteiger charge is 2.31. The lowest BCUT2D eigenvalue weighted by Gasteiger charge is -2.07. The Morgan fingerprint density at radius 2 is 2.06 bits per heavy atom. The van der Waals surface area contributed by atoms with E-state index >= 15 is 0 Å². The van der Waals surface area contributed by atoms with E-state index in [0.29, 0.717) is 17.0 Å². The number of nitrogens with zero attached hydrogens (tertiary/aromatic N) is 2. The number of fused-ring (bicyclic) bond motifs is 1. The van der Waals surface area contributed by atoms with Gasteiger partial charge in [0.25, 0.3) is 0 Å². The maximum Gasteiger partial charge on any atom is 0.416 e. The topological polar surface area (TPSA) is 43.8 Å². The second-order valence-electron chi connectivity index (χ2n) is 4.73. The molecule has 0 spiro atoms. The van der Waals surface area contributed by atoms with Gasteiger partial charge in [0.2, 0.25) is 5.95 Å². The minimum atomic E-state index is -4.34. The Labute approximate surface area is 101 Å². The van der Waals surface area contributed by atoms with Crippen LogP contribution >= 0.6 is 0 Å². The Balaban J connectivity index is 2.07. The quantitative estimate of drug-likeness (QED) is 0.896. The van der Waals surface area contributed by atoms with Crippen LogP contribution in [0.2, 0.25) is 0 Å². The highest BCUT2D eigenvalue weighted by Crippen LogP contribution is 2.35. The van der Waals surface area contributed by atoms with Gasteiger partial charge in [-0.05, 0) is 37.0 Å². The van der Waals surface area contributed by atoms with Crippen molar-refractivity contribution in [3.63, 3.8) is 0 Å². The summed E-state index contributed by atoms with van der Waals surface area (Å²) < 4.78 is 39.5. The SMILES string of the molecule is Nc1nc2cc(C(F)(F)F)ccc2n1CC1CC1. The summed E-state index contributed by atoms with van der Waals surface area (Å²) in [7, 11) is 0. The van der Waals surface area contributed by atoms with Crippen LogP contribution in [0, 0.1) is 5.92 Å². The van der Waals surface area contributed by atoms with E-state index in [1.807, 2.05) is 0 Å². The number of nitrogens with two attached hydrogens (primary N) is 1. The molecule has 6 heteroatoms. The molecule has 0 radical (unpaired) electrons. The van der Waals surface area contributed by atoms with Gasteiger partial charge in [0.1, 0.15) is 0 Å². The average molecular weight is 255 g/mol. The molecule has 18 heavy (non-hydrogen) atoms. The van der Waals surface area contributed by atoms with Crippen molar-refractivity contribution >= 4 is 17.0 Å². The van der Waals surface area contributed by atoms with Crippen LogP contribution in [-0.4, -0.2) is 9.55 Å². The number of aromatic nitrogens is 2. The first-order chi connectivity index (χ1) is 8.45. The minimum Gasteiger partial charge on any atom is -0.369 e. The first-order valence-corrected chi connectivity index (χ1v) is 5.78. The summed E-state index contributed by atoms with van der Waals surface area (Å²) in [6, 6.07) is 3.58. The smallest absolute Gasteiger partial charge is 0.369 e. The molecule has 1 saturated carbocycles. The van der Waals surface area contributed by atoms with Gasteiger partial charge >= 0.3 is 6.18 Å². The summed E-state index contributed by atoms with van der Waals surface area (Å²) in [6.45, 7) is 0.744. The van der Waals surface area contributed by atoms with Gasteiger partial charge in [-0.3, -0.25) is 0 Å². The van der Waals surface area contributed by atoms with E-state index in [9.17, 15) is 13.2 Å². The van der Waals surface area contributed by atoms with Crippen LogP contribution in [0.25, 0.3) is 11.0 Å². The zero-order valence-electron chi connectivity index (χ0n) is 9.54. The van der Waals surface area contributed by atoms with Crippen LogP contribution in [0.3, 0.4) is 0 Å². The third-order valence-electron chi connectivity index (χ3n) is 3.24. The zero-order chi connectivity index (χ0) is 12.9. The average Bonchev–Trinajstić information content (AvgIpc) is 3.03. The van der Waals surface area contributed by atoms with Gasteiger partial charge in [-0.1, -0.05) is 0 Å². The molecule has 3 rings (SSSR count). The molecule has 0 bridgehead atoms. The molecule has 1 aliphatic rings. The van der Waals surface area contributed by atoms with Crippen LogP contribution in [0.15, 0.2) is 18.2 Å². The van der Waals surface area contributed by atoms with Gasteiger partial charge in [-0.15, -0.1) is 0 Å². The second-order valence-corrected chi connectivity index (χ2v) is 4.73. The van der Waals surface area contributed by atoms with Gasteiger partial charge < -0.3 is 10.3 Å². The number of hydrogen-bond acceptors (Lipinski definition) is 2. The van der Waals surface area contributed by atoms with E-state index in [1.54, 1.807) is 4.57 Å². The molecule has 2 N–H and O–H groups in total. The first kappa shape index (κ1) is 11.4. The Morgan fingerprint density at radius 3 is 2.67 bits per heavy atom. The predicted octanol–water partition coefficient (Wildman–Crippen LogP) is 3.05. The number of hydrogen-bond donors (Lipinski definition) is 1. The fraction of sp³-hybridized carbons (Fsp3) is 0.417. The van der Waals surface area contributed by atoms with Crippen molar-refractivity contribution in [1.82, 2.24) is 9.55 Å². The summed E-state index contributed by atoms with van der Waals surface area (Å²) in [5.74, 6) is 0.878. The third-order valence-corrected chi connectivity index (χ3v) is 3.24. The van der Waals surface area contributed by atoms with E-state index in [0.717, 1.165) is 31.5 Å². The molecule has 96 valence electrons. The standard InChI is InChI=1S/C12H12F3N3/c13-12(14,15)8-3-4-10-9(5-8)17-11(16)18(10)6-7-1-2-7/h3-5,7H,1-2,6H2,(H2,16,17). The molecule has 0 saturated heterocycles. The number of nitrogen functional groups attached to an aromatic ring is 1. The molecular weight excluding hydrogens is 243 g/mol. The largest absolute Gasteiger partial charge is 0.416 e. The Kier molecular flexibility index (Phi) is 2.30. The summed E-state index contributed by atoms with van der Waals surface area (Å²) in [5, 5.41) is 0. The van der Waals surface area contributed by atoms with Crippen molar-refractivity contribution in [2.75, 3.05) is 5.73 Å². The van der Waals surface area contributed by atoms with Crippen LogP contribution in [0.5, 0.6) is 0 Å². The Bertz CT molecular complexity index is 596. The Hall–Kier alpha value is -1.72. The number of rotatable bonds is 2. The molecule has 1 aromatic heterocycles. The van der Waals surface area contributed by atoms with Crippen LogP contribution in [-0.2, 0) is 12.7 Å². The van der Waals surface area contributed by atoms with Crippen molar-refractivity contribution in [3.8, 4) is 0 Å². The fourth-order valence-electron chi connectivity index (χ4n) is 2.08. The zero-order valence-corrected chi connectivity index (χ0v) is 9.54. The molecule has 0 atom stereocenters. The molecule has 1 fully saturated rings. The molecule has 2 aromatic rings. The van der Waals surface area contributed by atoms with Crippen LogP contribution in [0.4, 0.5) is 19.1 Å². The maximum absolute atomic E-state index is 12.6. The third kappa shape index (κ3) is 1.91. The molecule has 0 amide bonds. The number of alkyl halides is 3. The number of anilines is 1. The van der Waals surface area contributed by atoms with Gasteiger partial charge in [0.05, 0.1) is 16.6 Å². The van der Waals surface area contributed by atoms with Crippen molar-refractivity contribution in [1.29, 1.82) is 0 Å². The van der Waals surface area contributed by atoms with E-state index in [2.05, 4.69) is 4.98 Å². The van der Waals surface area contributed by atoms with Crippen LogP contribution in [0.1, 0.15) is 18.4 Å². The second kappa shape index (κ2) is 3.63. The molecule has 0 aliphatic heterocycles. The van der Waals surface area contributed by atoms with E-state index in [1.165, 1.54) is 6.07 Å². The lowest BCUT2D eigenvalue weighted by atomic mass is 10.2. The van der Waals surface area contributed by atoms with E-state index in [-0.39, 0.29) is 5.95 Å². The van der Waals surface area contributed by atoms with E-state index in [4.69, 9.17) is 5.73 Å². The Morgan fingerprint density at radius 1 is 1.33 bits per heavy atom. The molecule has 1 aromatic carbocycles. The van der Waals surface area contributed by atoms with Crippen LogP contribution < -0.4 is 5.73 Å². The predicted molar refractivity (Wildman–Crippen MR) is 61.9 cm³/mol. The normalized spacial score (nSPS) is 16.4. The van der Waals surface area contributed by atoms with Gasteiger partial charge in [0.15, 0.2) is 0 Å². The lowest BCUT2D eigenvalue weighted by molar-refractivity contribution is -0.137. The molecule has 1 aliphatic carbocycles. The number of benzene rings is 1. The van der Waals surface area contributed by atoms with Crippen molar-refractivity contribution in [3.05, 3.63) is 23.8 Å². The fourth-order valence-corrected chi connectivity index (χ4v) is 2.08. The van der Waals surface area contributed by atoms with Gasteiger partial charge in [-0.2, -0.15) is 13.2 Å². The summed E-state index contributed by atoms with van der Waals surface area (Å²) in [5.41, 5.74) is 6.05. The molecule has 3 nitrogen and oxygen atoms in total. The first-order valence-electron chi connectivity index (χ1n) is 5.78. The van der Waals surface area contributed by atoms with Crippen molar-refractivity contribution in [2.45, 2.75) is 25.6 Å². The minimum absolute atomic E-state index is 0.288. The summed E-state index contributed by atoms with van der Waals surface area (Å²) >= 11 is 0. The monoisotopic (exact) mass is 255 g/mol. The highest BCUT2D eigenvalue weighted by atomic mass is 19.4. The van der Waals surface area contributed by atoms with Crippen molar-refractivity contribution < 1.29 is 13.2 Å². The number of imidazole rings is 1. The summed E-state index contributed by atoms with van der Waals surface area (Å²) in [6.07, 6.45) is -2.04. The molecule has 1 heterocycles. The molecule has 0 unspecified atom stereocenters. The maximum atomic E-state index is 12.6. The van der Waals surface area contributed by atoms with Gasteiger partial charge in [0, 0.05) is 6.54 Å². The van der Waals surface area contributed by atoms with Gasteiger partial charge in [-0.25, -0.2) is 4.98 Å². The number of halogens is 3. The lowest BCUT2D eigenvalue weighted by Crippen LogP contribution is -2.05.